The fraction of sp³-hybridized carbons (Fsp3) is 0.515. The lowest BCUT2D eigenvalue weighted by Gasteiger charge is -2.42. The maximum Gasteiger partial charge on any atom is 0.318 e. The maximum atomic E-state index is 14.2. The average Bonchev–Trinajstić information content (AvgIpc) is 2.23. The summed E-state index contributed by atoms with van der Waals surface area (Å²) in [5.41, 5.74) is 7.68. The molecule has 3 unspecified atom stereocenters. The molecule has 0 spiro atoms. The predicted molar refractivity (Wildman–Crippen MR) is 330 cm³/mol. The number of aryl methyl sites for hydroxylation is 1. The van der Waals surface area contributed by atoms with E-state index in [9.17, 15) is 24.5 Å². The lowest BCUT2D eigenvalue weighted by Crippen LogP contribution is -2.55. The van der Waals surface area contributed by atoms with Gasteiger partial charge in [0.15, 0.2) is 5.83 Å². The van der Waals surface area contributed by atoms with Crippen molar-refractivity contribution in [3.8, 4) is 24.2 Å². The number of piperazine rings is 2. The van der Waals surface area contributed by atoms with Crippen molar-refractivity contribution in [2.75, 3.05) is 122 Å². The van der Waals surface area contributed by atoms with Gasteiger partial charge in [0.05, 0.1) is 87.1 Å². The molecule has 0 radical (unpaired) electrons. The molecule has 2 amide bonds. The number of nitrogens with zero attached hydrogens (tertiary/aromatic N) is 13. The van der Waals surface area contributed by atoms with E-state index in [2.05, 4.69) is 89.7 Å². The third-order valence-corrected chi connectivity index (χ3v) is 19.3. The molecule has 5 fully saturated rings. The van der Waals surface area contributed by atoms with Crippen molar-refractivity contribution >= 4 is 45.8 Å². The Balaban J connectivity index is 0.776. The molecule has 7 atom stereocenters. The highest BCUT2D eigenvalue weighted by molar-refractivity contribution is 6.31. The van der Waals surface area contributed by atoms with Gasteiger partial charge in [-0.2, -0.15) is 30.5 Å². The van der Waals surface area contributed by atoms with E-state index < -0.39 is 17.8 Å². The SMILES string of the molecule is C=C(F)C(=O)N1CCN(c2nc(OC[C@@H]3CC(c4ccc(C5Cc6nc(OC[C@@H]7CCCN7C)nc(N7CCN(C(=O)/C=C/CN8CCOCC8)[C@@H](CC#N)C7)c6CO5)c5c(C)cccc45)CN3C)nc3c2COC(c2ccccc2Cl)C3)C[C@@H]1CC#N. The fourth-order valence-corrected chi connectivity index (χ4v) is 14.4. The van der Waals surface area contributed by atoms with Crippen molar-refractivity contribution in [3.05, 3.63) is 129 Å². The smallest absolute Gasteiger partial charge is 0.318 e. The summed E-state index contributed by atoms with van der Waals surface area (Å²) >= 11 is 6.69. The number of rotatable bonds is 17. The van der Waals surface area contributed by atoms with E-state index in [4.69, 9.17) is 55.2 Å². The number of morpholine rings is 1. The van der Waals surface area contributed by atoms with Crippen LogP contribution in [0.5, 0.6) is 12.0 Å². The van der Waals surface area contributed by atoms with Gasteiger partial charge in [-0.15, -0.1) is 0 Å². The van der Waals surface area contributed by atoms with Gasteiger partial charge >= 0.3 is 12.0 Å². The number of amides is 2. The molecule has 0 bridgehead atoms. The predicted octanol–water partition coefficient (Wildman–Crippen LogP) is 7.58. The number of likely N-dealkylation sites (tertiary alicyclic amines) is 2. The normalized spacial score (nSPS) is 24.5. The molecule has 462 valence electrons. The summed E-state index contributed by atoms with van der Waals surface area (Å²) in [6.07, 6.45) is 6.99. The van der Waals surface area contributed by atoms with Crippen LogP contribution in [-0.4, -0.2) is 193 Å². The number of nitriles is 2. The van der Waals surface area contributed by atoms with Crippen LogP contribution in [-0.2, 0) is 49.9 Å². The standard InChI is InChI=1S/C66H77ClFN13O7/c1-42-10-7-13-50-49(44-32-48(76(4)35-44)39-88-66-71-56-33-58(51-12-5-6-14-55(51)67)85-40-53(56)63(74-66)79-25-27-81(64(83)43(2)68)46(37-79)19-21-70)16-17-52(61(42)50)59-34-57-54(41-86-59)62(73-65(72-57)87-38-47-11-8-22-75(47)3)78-24-26-80(45(36-78)18-20-69)60(82)15-9-23-77-28-30-84-31-29-77/h5-7,9-10,12-17,44-48,58-59H,2,8,11,18-19,22-41H2,1,3-4H3/b15-9+/t44?,45-,46-,47-,48-,58?,59?/m0/s1. The highest BCUT2D eigenvalue weighted by Crippen LogP contribution is 2.44. The quantitative estimate of drug-likeness (QED) is 0.0824. The molecule has 5 aromatic rings. The van der Waals surface area contributed by atoms with Crippen molar-refractivity contribution in [2.45, 2.75) is 107 Å². The van der Waals surface area contributed by atoms with Crippen LogP contribution in [0.2, 0.25) is 5.02 Å². The van der Waals surface area contributed by atoms with Crippen LogP contribution < -0.4 is 19.3 Å². The first-order valence-electron chi connectivity index (χ1n) is 30.9. The number of benzene rings is 3. The second-order valence-corrected chi connectivity index (χ2v) is 24.8. The number of hydrogen-bond donors (Lipinski definition) is 0. The van der Waals surface area contributed by atoms with Gasteiger partial charge in [0.25, 0.3) is 5.91 Å². The summed E-state index contributed by atoms with van der Waals surface area (Å²) in [7, 11) is 4.26. The highest BCUT2D eigenvalue weighted by Gasteiger charge is 2.39. The number of anilines is 2. The molecule has 0 aliphatic carbocycles. The summed E-state index contributed by atoms with van der Waals surface area (Å²) in [5.74, 6) is -0.462. The number of ether oxygens (including phenoxy) is 5. The Morgan fingerprint density at radius 2 is 1.35 bits per heavy atom. The molecule has 0 N–H and O–H groups in total. The number of halogens is 2. The zero-order valence-electron chi connectivity index (χ0n) is 50.5. The third-order valence-electron chi connectivity index (χ3n) is 19.0. The van der Waals surface area contributed by atoms with Crippen LogP contribution in [0.1, 0.15) is 95.0 Å². The first-order valence-corrected chi connectivity index (χ1v) is 31.3. The van der Waals surface area contributed by atoms with Crippen LogP contribution in [0.25, 0.3) is 10.8 Å². The summed E-state index contributed by atoms with van der Waals surface area (Å²) in [6, 6.07) is 23.1. The molecule has 2 aromatic heterocycles. The Hall–Kier alpha value is -7.34. The number of carbonyl (C=O) groups excluding carboxylic acids is 2. The van der Waals surface area contributed by atoms with Crippen LogP contribution >= 0.6 is 11.6 Å². The van der Waals surface area contributed by atoms with Crippen LogP contribution in [0.4, 0.5) is 16.0 Å². The van der Waals surface area contributed by atoms with Gasteiger partial charge in [-0.3, -0.25) is 19.4 Å². The Bertz CT molecular complexity index is 3540. The average molecular weight is 1220 g/mol. The van der Waals surface area contributed by atoms with Crippen LogP contribution in [0, 0.1) is 29.6 Å². The van der Waals surface area contributed by atoms with Gasteiger partial charge in [0.2, 0.25) is 5.91 Å². The second-order valence-electron chi connectivity index (χ2n) is 24.4. The Morgan fingerprint density at radius 1 is 0.727 bits per heavy atom. The summed E-state index contributed by atoms with van der Waals surface area (Å²) in [6.45, 7) is 14.4. The first kappa shape index (κ1) is 60.9. The topological polar surface area (TPSA) is 202 Å². The number of aromatic nitrogens is 4. The fourth-order valence-electron chi connectivity index (χ4n) is 14.1. The van der Waals surface area contributed by atoms with Crippen molar-refractivity contribution in [2.24, 2.45) is 0 Å². The minimum Gasteiger partial charge on any atom is -0.462 e. The molecule has 0 saturated carbocycles. The monoisotopic (exact) mass is 1220 g/mol. The summed E-state index contributed by atoms with van der Waals surface area (Å²) < 4.78 is 46.3. The maximum absolute atomic E-state index is 14.2. The van der Waals surface area contributed by atoms with Crippen molar-refractivity contribution in [1.82, 2.24) is 44.4 Å². The Kier molecular flexibility index (Phi) is 18.8. The number of fused-ring (bicyclic) bond motifs is 3. The molecule has 88 heavy (non-hydrogen) atoms. The third kappa shape index (κ3) is 13.1. The lowest BCUT2D eigenvalue weighted by atomic mass is 9.86. The van der Waals surface area contributed by atoms with Crippen molar-refractivity contribution < 1.29 is 37.7 Å². The van der Waals surface area contributed by atoms with Gasteiger partial charge in [0.1, 0.15) is 24.8 Å². The first-order chi connectivity index (χ1) is 42.8. The molecule has 7 aliphatic rings. The number of carbonyl (C=O) groups is 2. The van der Waals surface area contributed by atoms with Gasteiger partial charge < -0.3 is 48.2 Å². The van der Waals surface area contributed by atoms with Crippen LogP contribution in [0.15, 0.2) is 79.2 Å². The molecule has 22 heteroatoms. The van der Waals surface area contributed by atoms with Gasteiger partial charge in [0, 0.05) is 113 Å². The highest BCUT2D eigenvalue weighted by atomic mass is 35.5. The molecule has 3 aromatic carbocycles. The zero-order valence-corrected chi connectivity index (χ0v) is 51.3. The summed E-state index contributed by atoms with van der Waals surface area (Å²) in [5, 5.41) is 22.8. The van der Waals surface area contributed by atoms with Crippen LogP contribution in [0.3, 0.4) is 0 Å². The van der Waals surface area contributed by atoms with Gasteiger partial charge in [-0.1, -0.05) is 72.8 Å². The Labute approximate surface area is 519 Å². The number of likely N-dealkylation sites (N-methyl/N-ethyl adjacent to an activating group) is 2. The molecular weight excluding hydrogens is 1140 g/mol. The number of hydrogen-bond acceptors (Lipinski definition) is 18. The molecule has 5 saturated heterocycles. The van der Waals surface area contributed by atoms with Crippen molar-refractivity contribution in [3.63, 3.8) is 0 Å². The van der Waals surface area contributed by atoms with E-state index in [0.717, 1.165) is 95.9 Å². The van der Waals surface area contributed by atoms with E-state index in [-0.39, 0.29) is 87.3 Å². The molecule has 20 nitrogen and oxygen atoms in total. The Morgan fingerprint density at radius 3 is 1.99 bits per heavy atom. The van der Waals surface area contributed by atoms with E-state index in [0.29, 0.717) is 88.8 Å². The van der Waals surface area contributed by atoms with Crippen molar-refractivity contribution in [1.29, 1.82) is 10.5 Å². The molecule has 12 rings (SSSR count). The second kappa shape index (κ2) is 27.2. The summed E-state index contributed by atoms with van der Waals surface area (Å²) in [4.78, 5) is 61.3. The molecule has 7 aliphatic heterocycles. The van der Waals surface area contributed by atoms with E-state index >= 15 is 0 Å². The van der Waals surface area contributed by atoms with E-state index in [1.807, 2.05) is 40.1 Å². The van der Waals surface area contributed by atoms with Gasteiger partial charge in [-0.25, -0.2) is 4.39 Å². The van der Waals surface area contributed by atoms with E-state index in [1.165, 1.54) is 15.8 Å². The zero-order chi connectivity index (χ0) is 61.0. The molecular formula is C66H77ClFN13O7. The van der Waals surface area contributed by atoms with E-state index in [1.54, 1.807) is 6.08 Å². The minimum atomic E-state index is -1.06. The largest absolute Gasteiger partial charge is 0.462 e. The molecule has 9 heterocycles. The lowest BCUT2D eigenvalue weighted by molar-refractivity contribution is -0.131. The minimum absolute atomic E-state index is 0.00546. The van der Waals surface area contributed by atoms with Gasteiger partial charge in [-0.05, 0) is 91.8 Å².